The van der Waals surface area contributed by atoms with Crippen molar-refractivity contribution in [2.75, 3.05) is 6.61 Å². The molecule has 3 rings (SSSR count). The van der Waals surface area contributed by atoms with Crippen LogP contribution >= 0.6 is 0 Å². The lowest BCUT2D eigenvalue weighted by atomic mass is 9.77. The van der Waals surface area contributed by atoms with Crippen molar-refractivity contribution in [3.63, 3.8) is 0 Å². The van der Waals surface area contributed by atoms with Crippen molar-refractivity contribution >= 4 is 6.21 Å². The summed E-state index contributed by atoms with van der Waals surface area (Å²) in [7, 11) is 0. The summed E-state index contributed by atoms with van der Waals surface area (Å²) in [5.41, 5.74) is 0.105. The molecule has 2 fully saturated rings. The van der Waals surface area contributed by atoms with Gasteiger partial charge in [0.2, 0.25) is 0 Å². The van der Waals surface area contributed by atoms with Gasteiger partial charge in [0.1, 0.15) is 11.1 Å². The van der Waals surface area contributed by atoms with Crippen molar-refractivity contribution in [3.05, 3.63) is 12.2 Å². The van der Waals surface area contributed by atoms with E-state index >= 15 is 0 Å². The number of aliphatic imine (C=N–C) groups is 1. The highest BCUT2D eigenvalue weighted by molar-refractivity contribution is 5.76. The largest absolute Gasteiger partial charge is 0.366 e. The Morgan fingerprint density at radius 3 is 2.69 bits per heavy atom. The third-order valence-corrected chi connectivity index (χ3v) is 4.35. The molecule has 0 N–H and O–H groups in total. The summed E-state index contributed by atoms with van der Waals surface area (Å²) in [6.45, 7) is 3.19. The first-order valence-corrected chi connectivity index (χ1v) is 6.70. The van der Waals surface area contributed by atoms with Gasteiger partial charge in [-0.05, 0) is 31.3 Å². The Bertz CT molecular complexity index is 312. The van der Waals surface area contributed by atoms with Gasteiger partial charge in [-0.1, -0.05) is 32.3 Å². The first-order valence-electron chi connectivity index (χ1n) is 6.70. The van der Waals surface area contributed by atoms with Crippen molar-refractivity contribution in [1.82, 2.24) is 0 Å². The zero-order valence-electron chi connectivity index (χ0n) is 10.1. The van der Waals surface area contributed by atoms with E-state index in [0.717, 1.165) is 12.5 Å². The van der Waals surface area contributed by atoms with Gasteiger partial charge in [-0.25, -0.2) is 0 Å². The number of ether oxygens (including phenoxy) is 1. The molecule has 0 aromatic rings. The second-order valence-corrected chi connectivity index (χ2v) is 5.47. The van der Waals surface area contributed by atoms with Gasteiger partial charge in [-0.15, -0.1) is 0 Å². The molecule has 0 aromatic heterocycles. The Morgan fingerprint density at radius 1 is 1.38 bits per heavy atom. The van der Waals surface area contributed by atoms with Crippen molar-refractivity contribution in [1.29, 1.82) is 0 Å². The molecular formula is C14H21NO. The van der Waals surface area contributed by atoms with Gasteiger partial charge in [-0.2, -0.15) is 0 Å². The number of hydrogen-bond acceptors (Lipinski definition) is 2. The SMILES string of the molecule is CCCCCC1(C2(C3CC3)CO2)C=CC=N1. The molecule has 0 spiro atoms. The molecule has 3 aliphatic rings. The van der Waals surface area contributed by atoms with E-state index in [1.54, 1.807) is 0 Å². The molecule has 2 heteroatoms. The summed E-state index contributed by atoms with van der Waals surface area (Å²) in [6.07, 6.45) is 14.1. The number of hydrogen-bond donors (Lipinski definition) is 0. The zero-order chi connectivity index (χ0) is 11.1. The molecule has 16 heavy (non-hydrogen) atoms. The highest BCUT2D eigenvalue weighted by Crippen LogP contribution is 2.58. The third kappa shape index (κ3) is 1.46. The van der Waals surface area contributed by atoms with Crippen molar-refractivity contribution < 1.29 is 4.74 Å². The van der Waals surface area contributed by atoms with Crippen LogP contribution < -0.4 is 0 Å². The van der Waals surface area contributed by atoms with Gasteiger partial charge in [0.05, 0.1) is 6.61 Å². The summed E-state index contributed by atoms with van der Waals surface area (Å²) in [5, 5.41) is 0. The molecule has 0 amide bonds. The Labute approximate surface area is 97.8 Å². The molecule has 2 aliphatic heterocycles. The molecule has 1 saturated heterocycles. The minimum absolute atomic E-state index is 0.00331. The Morgan fingerprint density at radius 2 is 2.19 bits per heavy atom. The average molecular weight is 219 g/mol. The van der Waals surface area contributed by atoms with Crippen molar-refractivity contribution in [3.8, 4) is 0 Å². The fraction of sp³-hybridized carbons (Fsp3) is 0.786. The van der Waals surface area contributed by atoms with E-state index in [-0.39, 0.29) is 11.1 Å². The average Bonchev–Trinajstić information content (AvgIpc) is 3.17. The lowest BCUT2D eigenvalue weighted by Gasteiger charge is -2.31. The molecular weight excluding hydrogens is 198 g/mol. The normalized spacial score (nSPS) is 40.6. The topological polar surface area (TPSA) is 24.9 Å². The van der Waals surface area contributed by atoms with Gasteiger partial charge in [0.15, 0.2) is 0 Å². The van der Waals surface area contributed by atoms with Crippen LogP contribution in [0.25, 0.3) is 0 Å². The third-order valence-electron chi connectivity index (χ3n) is 4.35. The van der Waals surface area contributed by atoms with E-state index < -0.39 is 0 Å². The standard InChI is InChI=1S/C14H21NO/c1-2-3-4-8-13(9-5-10-15-13)14(11-16-14)12-6-7-12/h5,9-10,12H,2-4,6-8,11H2,1H3. The highest BCUT2D eigenvalue weighted by atomic mass is 16.6. The molecule has 2 unspecified atom stereocenters. The van der Waals surface area contributed by atoms with Crippen LogP contribution in [0, 0.1) is 5.92 Å². The minimum Gasteiger partial charge on any atom is -0.366 e. The van der Waals surface area contributed by atoms with Crippen LogP contribution in [-0.4, -0.2) is 24.0 Å². The number of epoxide rings is 1. The van der Waals surface area contributed by atoms with Gasteiger partial charge >= 0.3 is 0 Å². The summed E-state index contributed by atoms with van der Waals surface area (Å²) in [4.78, 5) is 4.77. The monoisotopic (exact) mass is 219 g/mol. The van der Waals surface area contributed by atoms with Crippen LogP contribution in [0.2, 0.25) is 0 Å². The van der Waals surface area contributed by atoms with Crippen LogP contribution in [0.4, 0.5) is 0 Å². The molecule has 2 atom stereocenters. The minimum atomic E-state index is 0.00331. The number of unbranched alkanes of at least 4 members (excludes halogenated alkanes) is 2. The fourth-order valence-electron chi connectivity index (χ4n) is 3.14. The van der Waals surface area contributed by atoms with Gasteiger partial charge in [-0.3, -0.25) is 4.99 Å². The maximum atomic E-state index is 5.87. The van der Waals surface area contributed by atoms with E-state index in [1.165, 1.54) is 38.5 Å². The number of allylic oxidation sites excluding steroid dienone is 1. The van der Waals surface area contributed by atoms with Crippen molar-refractivity contribution in [2.45, 2.75) is 56.6 Å². The molecule has 1 aliphatic carbocycles. The number of rotatable bonds is 6. The van der Waals surface area contributed by atoms with Crippen LogP contribution in [0.15, 0.2) is 17.1 Å². The lowest BCUT2D eigenvalue weighted by Crippen LogP contribution is -2.43. The zero-order valence-corrected chi connectivity index (χ0v) is 10.1. The van der Waals surface area contributed by atoms with E-state index in [1.807, 2.05) is 6.21 Å². The summed E-state index contributed by atoms with van der Waals surface area (Å²) >= 11 is 0. The van der Waals surface area contributed by atoms with Gasteiger partial charge in [0, 0.05) is 6.21 Å². The molecule has 1 saturated carbocycles. The molecule has 2 heterocycles. The molecule has 2 nitrogen and oxygen atoms in total. The summed E-state index contributed by atoms with van der Waals surface area (Å²) in [5.74, 6) is 0.786. The smallest absolute Gasteiger partial charge is 0.123 e. The summed E-state index contributed by atoms with van der Waals surface area (Å²) in [6, 6.07) is 0. The van der Waals surface area contributed by atoms with Crippen LogP contribution in [-0.2, 0) is 4.74 Å². The predicted octanol–water partition coefficient (Wildman–Crippen LogP) is 3.13. The Kier molecular flexibility index (Phi) is 2.43. The van der Waals surface area contributed by atoms with E-state index in [4.69, 9.17) is 9.73 Å². The Hall–Kier alpha value is -0.630. The van der Waals surface area contributed by atoms with E-state index in [2.05, 4.69) is 19.1 Å². The van der Waals surface area contributed by atoms with E-state index in [9.17, 15) is 0 Å². The first-order chi connectivity index (χ1) is 7.83. The van der Waals surface area contributed by atoms with Gasteiger partial charge < -0.3 is 4.74 Å². The molecule has 0 aromatic carbocycles. The Balaban J connectivity index is 1.75. The predicted molar refractivity (Wildman–Crippen MR) is 65.9 cm³/mol. The molecule has 88 valence electrons. The quantitative estimate of drug-likeness (QED) is 0.497. The van der Waals surface area contributed by atoms with Crippen LogP contribution in [0.5, 0.6) is 0 Å². The molecule has 0 bridgehead atoms. The van der Waals surface area contributed by atoms with Gasteiger partial charge in [0.25, 0.3) is 0 Å². The number of nitrogens with zero attached hydrogens (tertiary/aromatic N) is 1. The highest BCUT2D eigenvalue weighted by Gasteiger charge is 2.67. The van der Waals surface area contributed by atoms with Crippen LogP contribution in [0.1, 0.15) is 45.4 Å². The first kappa shape index (κ1) is 10.5. The maximum Gasteiger partial charge on any atom is 0.123 e. The second kappa shape index (κ2) is 3.69. The van der Waals surface area contributed by atoms with E-state index in [0.29, 0.717) is 0 Å². The second-order valence-electron chi connectivity index (χ2n) is 5.47. The lowest BCUT2D eigenvalue weighted by molar-refractivity contribution is 0.182. The maximum absolute atomic E-state index is 5.87. The summed E-state index contributed by atoms with van der Waals surface area (Å²) < 4.78 is 5.87. The fourth-order valence-corrected chi connectivity index (χ4v) is 3.14. The van der Waals surface area contributed by atoms with Crippen molar-refractivity contribution in [2.24, 2.45) is 10.9 Å². The molecule has 0 radical (unpaired) electrons. The van der Waals surface area contributed by atoms with Crippen LogP contribution in [0.3, 0.4) is 0 Å².